The van der Waals surface area contributed by atoms with Gasteiger partial charge in [-0.25, -0.2) is 8.42 Å². The van der Waals surface area contributed by atoms with Gasteiger partial charge in [-0.2, -0.15) is 5.10 Å². The Hall–Kier alpha value is -3.60. The number of methoxy groups -OCH3 is 1. The summed E-state index contributed by atoms with van der Waals surface area (Å²) in [5.74, 6) is 0.580. The fraction of sp³-hybridized carbons (Fsp3) is 0.286. The molecular weight excluding hydrogens is 434 g/mol. The number of aryl methyl sites for hydroxylation is 3. The number of nitro benzene ring substituents is 1. The highest BCUT2D eigenvalue weighted by Gasteiger charge is 2.21. The number of hydrogen-bond acceptors (Lipinski definition) is 7. The van der Waals surface area contributed by atoms with Gasteiger partial charge in [-0.3, -0.25) is 19.5 Å². The van der Waals surface area contributed by atoms with E-state index in [0.717, 1.165) is 17.5 Å². The zero-order valence-electron chi connectivity index (χ0n) is 18.0. The number of nitrogens with zero attached hydrogens (tertiary/aromatic N) is 3. The molecule has 0 fully saturated rings. The van der Waals surface area contributed by atoms with Crippen LogP contribution in [-0.2, 0) is 16.6 Å². The molecule has 3 aromatic rings. The van der Waals surface area contributed by atoms with Crippen LogP contribution in [0.25, 0.3) is 0 Å². The van der Waals surface area contributed by atoms with Crippen LogP contribution in [0.15, 0.2) is 53.4 Å². The Bertz CT molecular complexity index is 1210. The molecule has 170 valence electrons. The SMILES string of the molecule is COc1ccc(NS(=O)(=O)c2ccc(NCCCn3nc(C)cc3C)c([N+](=O)[O-])c2)cc1. The highest BCUT2D eigenvalue weighted by molar-refractivity contribution is 7.92. The maximum Gasteiger partial charge on any atom is 0.293 e. The molecule has 10 nitrogen and oxygen atoms in total. The number of nitrogens with one attached hydrogen (secondary N) is 2. The van der Waals surface area contributed by atoms with E-state index in [-0.39, 0.29) is 16.3 Å². The average molecular weight is 460 g/mol. The molecule has 0 aliphatic heterocycles. The Kier molecular flexibility index (Phi) is 6.98. The monoisotopic (exact) mass is 459 g/mol. The molecule has 0 bridgehead atoms. The van der Waals surface area contributed by atoms with Gasteiger partial charge in [-0.15, -0.1) is 0 Å². The van der Waals surface area contributed by atoms with Gasteiger partial charge >= 0.3 is 0 Å². The summed E-state index contributed by atoms with van der Waals surface area (Å²) in [5, 5.41) is 19.0. The average Bonchev–Trinajstić information content (AvgIpc) is 3.08. The van der Waals surface area contributed by atoms with Crippen molar-refractivity contribution >= 4 is 27.1 Å². The van der Waals surface area contributed by atoms with Crippen molar-refractivity contribution in [1.82, 2.24) is 9.78 Å². The number of nitro groups is 1. The summed E-state index contributed by atoms with van der Waals surface area (Å²) in [5.41, 5.74) is 2.25. The van der Waals surface area contributed by atoms with E-state index in [9.17, 15) is 18.5 Å². The molecule has 1 heterocycles. The van der Waals surface area contributed by atoms with Crippen LogP contribution < -0.4 is 14.8 Å². The fourth-order valence-corrected chi connectivity index (χ4v) is 4.28. The Morgan fingerprint density at radius 2 is 1.84 bits per heavy atom. The number of hydrogen-bond donors (Lipinski definition) is 2. The zero-order chi connectivity index (χ0) is 23.3. The quantitative estimate of drug-likeness (QED) is 0.269. The van der Waals surface area contributed by atoms with Gasteiger partial charge in [0.05, 0.1) is 22.6 Å². The first-order valence-corrected chi connectivity index (χ1v) is 11.4. The maximum atomic E-state index is 12.7. The number of benzene rings is 2. The van der Waals surface area contributed by atoms with Crippen LogP contribution >= 0.6 is 0 Å². The van der Waals surface area contributed by atoms with Crippen LogP contribution in [-0.4, -0.2) is 36.8 Å². The van der Waals surface area contributed by atoms with Crippen molar-refractivity contribution < 1.29 is 18.1 Å². The smallest absolute Gasteiger partial charge is 0.293 e. The zero-order valence-corrected chi connectivity index (χ0v) is 18.8. The lowest BCUT2D eigenvalue weighted by Gasteiger charge is -2.11. The van der Waals surface area contributed by atoms with Gasteiger partial charge in [0, 0.05) is 30.5 Å². The summed E-state index contributed by atoms with van der Waals surface area (Å²) in [6.45, 7) is 5.02. The molecule has 2 N–H and O–H groups in total. The van der Waals surface area contributed by atoms with Crippen molar-refractivity contribution in [2.45, 2.75) is 31.7 Å². The lowest BCUT2D eigenvalue weighted by atomic mass is 10.2. The number of rotatable bonds is 10. The van der Waals surface area contributed by atoms with Crippen molar-refractivity contribution in [2.24, 2.45) is 0 Å². The van der Waals surface area contributed by atoms with Gasteiger partial charge in [-0.1, -0.05) is 0 Å². The molecule has 32 heavy (non-hydrogen) atoms. The van der Waals surface area contributed by atoms with Crippen molar-refractivity contribution in [2.75, 3.05) is 23.7 Å². The van der Waals surface area contributed by atoms with E-state index in [1.54, 1.807) is 24.3 Å². The van der Waals surface area contributed by atoms with Crippen LogP contribution in [0.5, 0.6) is 5.75 Å². The van der Waals surface area contributed by atoms with E-state index >= 15 is 0 Å². The Morgan fingerprint density at radius 1 is 1.12 bits per heavy atom. The molecule has 1 aromatic heterocycles. The highest BCUT2D eigenvalue weighted by Crippen LogP contribution is 2.29. The minimum Gasteiger partial charge on any atom is -0.497 e. The van der Waals surface area contributed by atoms with Crippen molar-refractivity contribution in [1.29, 1.82) is 0 Å². The first-order valence-electron chi connectivity index (χ1n) is 9.90. The molecule has 3 rings (SSSR count). The van der Waals surface area contributed by atoms with E-state index in [1.807, 2.05) is 24.6 Å². The predicted octanol–water partition coefficient (Wildman–Crippen LogP) is 3.72. The number of ether oxygens (including phenoxy) is 1. The molecule has 0 atom stereocenters. The van der Waals surface area contributed by atoms with Crippen molar-refractivity contribution in [3.8, 4) is 5.75 Å². The fourth-order valence-electron chi connectivity index (χ4n) is 3.21. The van der Waals surface area contributed by atoms with E-state index < -0.39 is 14.9 Å². The van der Waals surface area contributed by atoms with Crippen LogP contribution in [0.1, 0.15) is 17.8 Å². The predicted molar refractivity (Wildman–Crippen MR) is 122 cm³/mol. The molecular formula is C21H25N5O5S. The normalized spacial score (nSPS) is 11.2. The number of anilines is 2. The minimum atomic E-state index is -4.00. The summed E-state index contributed by atoms with van der Waals surface area (Å²) in [6.07, 6.45) is 0.693. The second kappa shape index (κ2) is 9.69. The molecule has 0 saturated heterocycles. The van der Waals surface area contributed by atoms with Gasteiger partial charge in [0.25, 0.3) is 15.7 Å². The Balaban J connectivity index is 1.70. The van der Waals surface area contributed by atoms with E-state index in [4.69, 9.17) is 4.74 Å². The molecule has 11 heteroatoms. The molecule has 0 saturated carbocycles. The summed E-state index contributed by atoms with van der Waals surface area (Å²) in [6, 6.07) is 12.1. The number of aromatic nitrogens is 2. The van der Waals surface area contributed by atoms with E-state index in [2.05, 4.69) is 15.1 Å². The topological polar surface area (TPSA) is 128 Å². The summed E-state index contributed by atoms with van der Waals surface area (Å²) in [4.78, 5) is 10.8. The first-order chi connectivity index (χ1) is 15.2. The third-order valence-electron chi connectivity index (χ3n) is 4.78. The second-order valence-corrected chi connectivity index (χ2v) is 8.88. The van der Waals surface area contributed by atoms with Crippen molar-refractivity contribution in [3.63, 3.8) is 0 Å². The lowest BCUT2D eigenvalue weighted by molar-refractivity contribution is -0.384. The standard InChI is InChI=1S/C21H25N5O5S/c1-15-13-16(2)25(23-15)12-4-11-22-20-10-9-19(14-21(20)26(27)28)32(29,30)24-17-5-7-18(31-3)8-6-17/h5-10,13-14,22,24H,4,11-12H2,1-3H3. The van der Waals surface area contributed by atoms with E-state index in [0.29, 0.717) is 30.9 Å². The molecule has 0 unspecified atom stereocenters. The van der Waals surface area contributed by atoms with Crippen molar-refractivity contribution in [3.05, 3.63) is 70.0 Å². The minimum absolute atomic E-state index is 0.201. The molecule has 0 spiro atoms. The van der Waals surface area contributed by atoms with Gasteiger partial charge in [0.1, 0.15) is 11.4 Å². The van der Waals surface area contributed by atoms with Gasteiger partial charge in [-0.05, 0) is 62.7 Å². The van der Waals surface area contributed by atoms with Gasteiger partial charge in [0.15, 0.2) is 0 Å². The largest absolute Gasteiger partial charge is 0.497 e. The van der Waals surface area contributed by atoms with Gasteiger partial charge < -0.3 is 10.1 Å². The van der Waals surface area contributed by atoms with Crippen LogP contribution in [0, 0.1) is 24.0 Å². The van der Waals surface area contributed by atoms with Gasteiger partial charge in [0.2, 0.25) is 0 Å². The third kappa shape index (κ3) is 5.55. The molecule has 0 aliphatic carbocycles. The maximum absolute atomic E-state index is 12.7. The molecule has 0 aliphatic rings. The molecule has 0 amide bonds. The molecule has 2 aromatic carbocycles. The Labute approximate surface area is 186 Å². The number of sulfonamides is 1. The van der Waals surface area contributed by atoms with Crippen LogP contribution in [0.3, 0.4) is 0 Å². The van der Waals surface area contributed by atoms with Crippen LogP contribution in [0.4, 0.5) is 17.1 Å². The summed E-state index contributed by atoms with van der Waals surface area (Å²) >= 11 is 0. The summed E-state index contributed by atoms with van der Waals surface area (Å²) in [7, 11) is -2.50. The Morgan fingerprint density at radius 3 is 2.44 bits per heavy atom. The highest BCUT2D eigenvalue weighted by atomic mass is 32.2. The third-order valence-corrected chi connectivity index (χ3v) is 6.16. The second-order valence-electron chi connectivity index (χ2n) is 7.20. The van der Waals surface area contributed by atoms with E-state index in [1.165, 1.54) is 19.2 Å². The van der Waals surface area contributed by atoms with Crippen LogP contribution in [0.2, 0.25) is 0 Å². The summed E-state index contributed by atoms with van der Waals surface area (Å²) < 4.78 is 34.7. The molecule has 0 radical (unpaired) electrons. The lowest BCUT2D eigenvalue weighted by Crippen LogP contribution is -2.14. The first kappa shape index (κ1) is 23.1.